The van der Waals surface area contributed by atoms with E-state index in [1.807, 2.05) is 5.92 Å². The minimum absolute atomic E-state index is 0.190. The standard InChI is InChI=1S/C10H8O3/c11-9-6-4-8(5-7-9)2-1-3-10(12)13/h4-7,11H,2H2,(H,12,13). The van der Waals surface area contributed by atoms with Crippen molar-refractivity contribution in [3.05, 3.63) is 29.8 Å². The second-order valence-electron chi connectivity index (χ2n) is 2.45. The Morgan fingerprint density at radius 1 is 1.31 bits per heavy atom. The fourth-order valence-electron chi connectivity index (χ4n) is 0.836. The largest absolute Gasteiger partial charge is 0.508 e. The van der Waals surface area contributed by atoms with Crippen molar-refractivity contribution < 1.29 is 15.0 Å². The molecule has 0 spiro atoms. The van der Waals surface area contributed by atoms with E-state index in [-0.39, 0.29) is 5.75 Å². The monoisotopic (exact) mass is 176 g/mol. The van der Waals surface area contributed by atoms with Gasteiger partial charge in [0.15, 0.2) is 0 Å². The number of benzene rings is 1. The summed E-state index contributed by atoms with van der Waals surface area (Å²) in [7, 11) is 0. The first-order valence-corrected chi connectivity index (χ1v) is 3.68. The van der Waals surface area contributed by atoms with Crippen molar-refractivity contribution in [1.29, 1.82) is 0 Å². The van der Waals surface area contributed by atoms with Gasteiger partial charge >= 0.3 is 5.97 Å². The van der Waals surface area contributed by atoms with Crippen molar-refractivity contribution in [2.45, 2.75) is 6.42 Å². The lowest BCUT2D eigenvalue weighted by molar-refractivity contribution is -0.130. The summed E-state index contributed by atoms with van der Waals surface area (Å²) < 4.78 is 0. The maximum Gasteiger partial charge on any atom is 0.381 e. The topological polar surface area (TPSA) is 57.5 Å². The minimum atomic E-state index is -1.13. The molecule has 0 aliphatic heterocycles. The Labute approximate surface area is 75.6 Å². The van der Waals surface area contributed by atoms with Gasteiger partial charge in [-0.3, -0.25) is 0 Å². The lowest BCUT2D eigenvalue weighted by Gasteiger charge is -1.93. The highest BCUT2D eigenvalue weighted by Gasteiger charge is 1.90. The zero-order valence-corrected chi connectivity index (χ0v) is 6.82. The molecule has 0 amide bonds. The van der Waals surface area contributed by atoms with Crippen molar-refractivity contribution in [1.82, 2.24) is 0 Å². The van der Waals surface area contributed by atoms with Gasteiger partial charge in [-0.05, 0) is 17.7 Å². The van der Waals surface area contributed by atoms with E-state index in [2.05, 4.69) is 5.92 Å². The van der Waals surface area contributed by atoms with Crippen LogP contribution in [0.25, 0.3) is 0 Å². The van der Waals surface area contributed by atoms with Crippen LogP contribution in [0.2, 0.25) is 0 Å². The average molecular weight is 176 g/mol. The van der Waals surface area contributed by atoms with Crippen LogP contribution in [-0.2, 0) is 11.2 Å². The van der Waals surface area contributed by atoms with Gasteiger partial charge in [-0.2, -0.15) is 0 Å². The molecule has 0 unspecified atom stereocenters. The Bertz CT molecular complexity index is 354. The van der Waals surface area contributed by atoms with Crippen LogP contribution in [0.1, 0.15) is 5.56 Å². The summed E-state index contributed by atoms with van der Waals surface area (Å²) in [6, 6.07) is 6.48. The molecule has 0 saturated carbocycles. The number of rotatable bonds is 1. The Morgan fingerprint density at radius 3 is 2.46 bits per heavy atom. The van der Waals surface area contributed by atoms with Gasteiger partial charge in [0, 0.05) is 12.3 Å². The summed E-state index contributed by atoms with van der Waals surface area (Å²) in [5, 5.41) is 17.2. The quantitative estimate of drug-likeness (QED) is 0.628. The third-order valence-corrected chi connectivity index (χ3v) is 1.42. The van der Waals surface area contributed by atoms with Crippen molar-refractivity contribution >= 4 is 5.97 Å². The summed E-state index contributed by atoms with van der Waals surface area (Å²) in [6.07, 6.45) is 0.382. The Balaban J connectivity index is 2.62. The molecular weight excluding hydrogens is 168 g/mol. The van der Waals surface area contributed by atoms with Crippen LogP contribution in [0.5, 0.6) is 5.75 Å². The molecule has 0 radical (unpaired) electrons. The van der Waals surface area contributed by atoms with Gasteiger partial charge in [-0.15, -0.1) is 0 Å². The molecule has 0 aliphatic carbocycles. The minimum Gasteiger partial charge on any atom is -0.508 e. The highest BCUT2D eigenvalue weighted by Crippen LogP contribution is 2.09. The average Bonchev–Trinajstić information content (AvgIpc) is 2.08. The van der Waals surface area contributed by atoms with Crippen LogP contribution < -0.4 is 0 Å². The number of aromatic hydroxyl groups is 1. The van der Waals surface area contributed by atoms with Gasteiger partial charge < -0.3 is 10.2 Å². The van der Waals surface area contributed by atoms with E-state index < -0.39 is 5.97 Å². The van der Waals surface area contributed by atoms with E-state index in [4.69, 9.17) is 10.2 Å². The number of carboxylic acid groups (broad SMARTS) is 1. The molecule has 0 fully saturated rings. The zero-order valence-electron chi connectivity index (χ0n) is 6.82. The number of carbonyl (C=O) groups is 1. The summed E-state index contributed by atoms with van der Waals surface area (Å²) in [5.41, 5.74) is 0.881. The fourth-order valence-corrected chi connectivity index (χ4v) is 0.836. The predicted octanol–water partition coefficient (Wildman–Crippen LogP) is 1.02. The third kappa shape index (κ3) is 3.30. The molecule has 0 saturated heterocycles. The van der Waals surface area contributed by atoms with E-state index >= 15 is 0 Å². The van der Waals surface area contributed by atoms with Crippen LogP contribution in [0.3, 0.4) is 0 Å². The first-order valence-electron chi connectivity index (χ1n) is 3.68. The summed E-state index contributed by atoms with van der Waals surface area (Å²) in [6.45, 7) is 0. The fraction of sp³-hybridized carbons (Fsp3) is 0.100. The molecule has 3 nitrogen and oxygen atoms in total. The molecule has 13 heavy (non-hydrogen) atoms. The van der Waals surface area contributed by atoms with Gasteiger partial charge in [0.1, 0.15) is 5.75 Å². The van der Waals surface area contributed by atoms with Gasteiger partial charge in [-0.1, -0.05) is 18.1 Å². The van der Waals surface area contributed by atoms with Crippen LogP contribution in [-0.4, -0.2) is 16.2 Å². The number of carboxylic acids is 1. The zero-order chi connectivity index (χ0) is 9.68. The third-order valence-electron chi connectivity index (χ3n) is 1.42. The normalized spacial score (nSPS) is 8.62. The van der Waals surface area contributed by atoms with Gasteiger partial charge in [0.2, 0.25) is 0 Å². The number of aliphatic carboxylic acids is 1. The molecule has 0 aromatic heterocycles. The smallest absolute Gasteiger partial charge is 0.381 e. The molecule has 1 aromatic carbocycles. The molecule has 3 heteroatoms. The van der Waals surface area contributed by atoms with Crippen LogP contribution in [0.4, 0.5) is 0 Å². The van der Waals surface area contributed by atoms with Gasteiger partial charge in [0.25, 0.3) is 0 Å². The van der Waals surface area contributed by atoms with Gasteiger partial charge in [-0.25, -0.2) is 4.79 Å². The van der Waals surface area contributed by atoms with E-state index in [0.29, 0.717) is 6.42 Å². The molecule has 0 atom stereocenters. The van der Waals surface area contributed by atoms with Crippen LogP contribution in [0, 0.1) is 11.8 Å². The molecule has 2 N–H and O–H groups in total. The maximum absolute atomic E-state index is 10.0. The summed E-state index contributed by atoms with van der Waals surface area (Å²) in [4.78, 5) is 10.0. The summed E-state index contributed by atoms with van der Waals surface area (Å²) >= 11 is 0. The highest BCUT2D eigenvalue weighted by atomic mass is 16.4. The lowest BCUT2D eigenvalue weighted by Crippen LogP contribution is -1.88. The molecule has 0 aliphatic rings. The second-order valence-corrected chi connectivity index (χ2v) is 2.45. The van der Waals surface area contributed by atoms with E-state index in [1.54, 1.807) is 12.1 Å². The van der Waals surface area contributed by atoms with Gasteiger partial charge in [0.05, 0.1) is 0 Å². The van der Waals surface area contributed by atoms with Crippen LogP contribution >= 0.6 is 0 Å². The summed E-state index contributed by atoms with van der Waals surface area (Å²) in [5.74, 6) is 3.57. The molecular formula is C10H8O3. The number of phenolic OH excluding ortho intramolecular Hbond substituents is 1. The second kappa shape index (κ2) is 4.17. The van der Waals surface area contributed by atoms with E-state index in [1.165, 1.54) is 12.1 Å². The number of phenols is 1. The Kier molecular flexibility index (Phi) is 2.93. The Hall–Kier alpha value is -1.95. The number of hydrogen-bond acceptors (Lipinski definition) is 2. The van der Waals surface area contributed by atoms with Crippen molar-refractivity contribution in [2.24, 2.45) is 0 Å². The van der Waals surface area contributed by atoms with E-state index in [0.717, 1.165) is 5.56 Å². The lowest BCUT2D eigenvalue weighted by atomic mass is 10.1. The number of hydrogen-bond donors (Lipinski definition) is 2. The van der Waals surface area contributed by atoms with Crippen molar-refractivity contribution in [3.8, 4) is 17.6 Å². The molecule has 1 rings (SSSR count). The van der Waals surface area contributed by atoms with Crippen molar-refractivity contribution in [2.75, 3.05) is 0 Å². The molecule has 66 valence electrons. The Morgan fingerprint density at radius 2 is 1.92 bits per heavy atom. The first-order chi connectivity index (χ1) is 6.18. The molecule has 1 aromatic rings. The van der Waals surface area contributed by atoms with E-state index in [9.17, 15) is 4.79 Å². The first kappa shape index (κ1) is 9.14. The SMILES string of the molecule is O=C(O)C#CCc1ccc(O)cc1. The molecule has 0 bridgehead atoms. The van der Waals surface area contributed by atoms with Crippen LogP contribution in [0.15, 0.2) is 24.3 Å². The highest BCUT2D eigenvalue weighted by molar-refractivity contribution is 5.86. The van der Waals surface area contributed by atoms with Crippen molar-refractivity contribution in [3.63, 3.8) is 0 Å². The maximum atomic E-state index is 10.0. The molecule has 0 heterocycles. The predicted molar refractivity (Wildman–Crippen MR) is 47.2 cm³/mol.